The molecule has 116 valence electrons. The molecule has 0 atom stereocenters. The molecule has 3 aromatic rings. The second-order valence-electron chi connectivity index (χ2n) is 5.44. The zero-order valence-electron chi connectivity index (χ0n) is 12.3. The van der Waals surface area contributed by atoms with E-state index in [9.17, 15) is 9.90 Å². The molecular formula is C17H15N3O3. The van der Waals surface area contributed by atoms with Crippen molar-refractivity contribution in [2.45, 2.75) is 13.2 Å². The minimum absolute atomic E-state index is 0.280. The summed E-state index contributed by atoms with van der Waals surface area (Å²) in [5.74, 6) is -0.931. The van der Waals surface area contributed by atoms with Crippen molar-refractivity contribution in [2.24, 2.45) is 0 Å². The summed E-state index contributed by atoms with van der Waals surface area (Å²) in [6.45, 7) is 1.39. The number of aromatic carboxylic acids is 1. The van der Waals surface area contributed by atoms with Gasteiger partial charge in [0, 0.05) is 23.1 Å². The van der Waals surface area contributed by atoms with Crippen molar-refractivity contribution in [3.63, 3.8) is 0 Å². The van der Waals surface area contributed by atoms with Crippen LogP contribution in [-0.4, -0.2) is 32.4 Å². The van der Waals surface area contributed by atoms with E-state index in [1.54, 1.807) is 12.3 Å². The number of rotatable bonds is 1. The van der Waals surface area contributed by atoms with Crippen LogP contribution in [0.4, 0.5) is 0 Å². The Balaban J connectivity index is 2.07. The maximum absolute atomic E-state index is 11.6. The van der Waals surface area contributed by atoms with E-state index in [4.69, 9.17) is 4.74 Å². The molecule has 0 bridgehead atoms. The minimum Gasteiger partial charge on any atom is -0.477 e. The first-order valence-electron chi connectivity index (χ1n) is 7.36. The van der Waals surface area contributed by atoms with Gasteiger partial charge in [-0.05, 0) is 6.07 Å². The number of carbonyl (C=O) groups is 1. The number of carboxylic acids is 1. The Hall–Kier alpha value is -2.86. The van der Waals surface area contributed by atoms with E-state index in [1.807, 2.05) is 34.9 Å². The summed E-state index contributed by atoms with van der Waals surface area (Å²) >= 11 is 0. The molecule has 2 N–H and O–H groups in total. The van der Waals surface area contributed by atoms with Crippen LogP contribution in [0.1, 0.15) is 16.2 Å². The molecular weight excluding hydrogens is 294 g/mol. The number of para-hydroxylation sites is 1. The minimum atomic E-state index is -0.931. The van der Waals surface area contributed by atoms with Gasteiger partial charge in [-0.2, -0.15) is 5.10 Å². The first-order valence-corrected chi connectivity index (χ1v) is 7.36. The van der Waals surface area contributed by atoms with E-state index >= 15 is 0 Å². The second-order valence-corrected chi connectivity index (χ2v) is 5.44. The predicted molar refractivity (Wildman–Crippen MR) is 85.3 cm³/mol. The molecule has 0 aliphatic carbocycles. The Bertz CT molecular complexity index is 920. The third kappa shape index (κ3) is 2.24. The fourth-order valence-electron chi connectivity index (χ4n) is 3.04. The van der Waals surface area contributed by atoms with E-state index < -0.39 is 5.97 Å². The quantitative estimate of drug-likeness (QED) is 0.677. The van der Waals surface area contributed by atoms with E-state index in [2.05, 4.69) is 10.2 Å². The molecule has 0 saturated heterocycles. The van der Waals surface area contributed by atoms with Crippen molar-refractivity contribution < 1.29 is 14.6 Å². The lowest BCUT2D eigenvalue weighted by atomic mass is 10.0. The number of hydrogen-bond donors (Lipinski definition) is 2. The highest BCUT2D eigenvalue weighted by Crippen LogP contribution is 2.33. The number of H-pyrrole nitrogens is 1. The topological polar surface area (TPSA) is 80.1 Å². The fraction of sp³-hybridized carbons (Fsp3) is 0.176. The molecule has 0 saturated carbocycles. The Labute approximate surface area is 132 Å². The lowest BCUT2D eigenvalue weighted by Crippen LogP contribution is -2.07. The van der Waals surface area contributed by atoms with Gasteiger partial charge >= 0.3 is 5.97 Å². The largest absolute Gasteiger partial charge is 0.477 e. The van der Waals surface area contributed by atoms with Gasteiger partial charge in [0.2, 0.25) is 0 Å². The third-order valence-electron chi connectivity index (χ3n) is 4.06. The molecule has 0 fully saturated rings. The maximum atomic E-state index is 11.6. The van der Waals surface area contributed by atoms with Crippen molar-refractivity contribution >= 4 is 16.9 Å². The van der Waals surface area contributed by atoms with Crippen LogP contribution in [0.2, 0.25) is 0 Å². The summed E-state index contributed by atoms with van der Waals surface area (Å²) < 4.78 is 7.44. The van der Waals surface area contributed by atoms with Gasteiger partial charge in [0.05, 0.1) is 30.6 Å². The summed E-state index contributed by atoms with van der Waals surface area (Å²) in [4.78, 5) is 11.6. The van der Waals surface area contributed by atoms with Crippen LogP contribution in [0.3, 0.4) is 0 Å². The highest BCUT2D eigenvalue weighted by Gasteiger charge is 2.19. The van der Waals surface area contributed by atoms with Crippen LogP contribution in [0.25, 0.3) is 22.0 Å². The molecule has 3 heterocycles. The number of hydrogen-bond acceptors (Lipinski definition) is 3. The number of carboxylic acid groups (broad SMARTS) is 1. The first kappa shape index (κ1) is 13.8. The first-order chi connectivity index (χ1) is 11.3. The second kappa shape index (κ2) is 5.40. The number of nitrogens with zero attached hydrogens (tertiary/aromatic N) is 2. The summed E-state index contributed by atoms with van der Waals surface area (Å²) in [7, 11) is 0. The molecule has 2 aromatic heterocycles. The van der Waals surface area contributed by atoms with Gasteiger partial charge in [0.25, 0.3) is 0 Å². The number of aromatic amines is 1. The summed E-state index contributed by atoms with van der Waals surface area (Å²) in [6.07, 6.45) is 5.60. The zero-order chi connectivity index (χ0) is 15.8. The molecule has 0 radical (unpaired) electrons. The summed E-state index contributed by atoms with van der Waals surface area (Å²) in [5, 5.41) is 17.5. The van der Waals surface area contributed by atoms with Crippen molar-refractivity contribution in [1.82, 2.24) is 14.8 Å². The average Bonchev–Trinajstić information content (AvgIpc) is 3.14. The number of ether oxygens (including phenoxy) is 1. The molecule has 6 nitrogen and oxygen atoms in total. The van der Waals surface area contributed by atoms with Gasteiger partial charge in [-0.1, -0.05) is 30.4 Å². The number of aromatic nitrogens is 3. The monoisotopic (exact) mass is 309 g/mol. The predicted octanol–water partition coefficient (Wildman–Crippen LogP) is 2.82. The number of fused-ring (bicyclic) bond motifs is 2. The van der Waals surface area contributed by atoms with Crippen LogP contribution in [0, 0.1) is 0 Å². The average molecular weight is 309 g/mol. The molecule has 1 aliphatic rings. The van der Waals surface area contributed by atoms with Gasteiger partial charge < -0.3 is 14.4 Å². The van der Waals surface area contributed by atoms with Crippen LogP contribution < -0.4 is 0 Å². The summed E-state index contributed by atoms with van der Waals surface area (Å²) in [6, 6.07) is 7.57. The van der Waals surface area contributed by atoms with Gasteiger partial charge in [-0.25, -0.2) is 4.79 Å². The van der Waals surface area contributed by atoms with Gasteiger partial charge in [-0.15, -0.1) is 0 Å². The van der Waals surface area contributed by atoms with Crippen LogP contribution in [0.15, 0.2) is 42.6 Å². The van der Waals surface area contributed by atoms with Crippen LogP contribution >= 0.6 is 0 Å². The molecule has 1 aliphatic heterocycles. The number of nitrogens with one attached hydrogen (secondary N) is 1. The van der Waals surface area contributed by atoms with E-state index in [1.165, 1.54) is 0 Å². The van der Waals surface area contributed by atoms with Gasteiger partial charge in [0.15, 0.2) is 0 Å². The number of benzene rings is 1. The summed E-state index contributed by atoms with van der Waals surface area (Å²) in [5.41, 5.74) is 3.96. The molecule has 0 spiro atoms. The highest BCUT2D eigenvalue weighted by atomic mass is 16.5. The standard InChI is InChI=1S/C17H15N3O3/c21-17(22)15-8-11-4-3-5-12-13-9-18-19-14(13)10-23-7-2-1-6-20(15)16(11)12/h1-5,8-9H,6-7,10H2,(H,18,19)(H,21,22)/b2-1-. The molecule has 23 heavy (non-hydrogen) atoms. The zero-order valence-corrected chi connectivity index (χ0v) is 12.3. The Morgan fingerprint density at radius 3 is 3.09 bits per heavy atom. The van der Waals surface area contributed by atoms with E-state index in [-0.39, 0.29) is 5.69 Å². The fourth-order valence-corrected chi connectivity index (χ4v) is 3.04. The third-order valence-corrected chi connectivity index (χ3v) is 4.06. The van der Waals surface area contributed by atoms with E-state index in [0.717, 1.165) is 27.7 Å². The smallest absolute Gasteiger partial charge is 0.352 e. The SMILES string of the molecule is O=C(O)c1cc2cccc3c2n1C/C=C\COCc1[nH]ncc1-3. The highest BCUT2D eigenvalue weighted by molar-refractivity contribution is 6.01. The molecule has 0 amide bonds. The lowest BCUT2D eigenvalue weighted by Gasteiger charge is -2.09. The number of allylic oxidation sites excluding steroid dienone is 1. The molecule has 6 heteroatoms. The Kier molecular flexibility index (Phi) is 3.24. The van der Waals surface area contributed by atoms with Crippen molar-refractivity contribution in [3.8, 4) is 11.1 Å². The lowest BCUT2D eigenvalue weighted by molar-refractivity contribution is 0.0686. The van der Waals surface area contributed by atoms with Gasteiger partial charge in [-0.3, -0.25) is 5.10 Å². The van der Waals surface area contributed by atoms with Crippen LogP contribution in [-0.2, 0) is 17.9 Å². The Morgan fingerprint density at radius 1 is 1.30 bits per heavy atom. The van der Waals surface area contributed by atoms with Crippen molar-refractivity contribution in [1.29, 1.82) is 0 Å². The van der Waals surface area contributed by atoms with Crippen LogP contribution in [0.5, 0.6) is 0 Å². The van der Waals surface area contributed by atoms with Gasteiger partial charge in [0.1, 0.15) is 5.69 Å². The maximum Gasteiger partial charge on any atom is 0.352 e. The van der Waals surface area contributed by atoms with Crippen molar-refractivity contribution in [2.75, 3.05) is 6.61 Å². The molecule has 0 unspecified atom stereocenters. The van der Waals surface area contributed by atoms with E-state index in [0.29, 0.717) is 19.8 Å². The van der Waals surface area contributed by atoms with Crippen molar-refractivity contribution in [3.05, 3.63) is 54.0 Å². The molecule has 4 rings (SSSR count). The Morgan fingerprint density at radius 2 is 2.22 bits per heavy atom. The normalized spacial score (nSPS) is 15.8. The molecule has 1 aromatic carbocycles.